The lowest BCUT2D eigenvalue weighted by Gasteiger charge is -2.12. The molecule has 0 unspecified atom stereocenters. The summed E-state index contributed by atoms with van der Waals surface area (Å²) in [7, 11) is 3.01. The van der Waals surface area contributed by atoms with E-state index < -0.39 is 0 Å². The fraction of sp³-hybridized carbons (Fsp3) is 0.182. The molecular formula is C22H19ClFN3O3S. The highest BCUT2D eigenvalue weighted by molar-refractivity contribution is 7.20. The number of nitrogens with one attached hydrogen (secondary N) is 1. The largest absolute Gasteiger partial charge is 0.495 e. The zero-order valence-electron chi connectivity index (χ0n) is 17.0. The number of carbonyl (C=O) groups excluding carboxylic acids is 1. The zero-order chi connectivity index (χ0) is 22.1. The lowest BCUT2D eigenvalue weighted by atomic mass is 10.2. The van der Waals surface area contributed by atoms with Gasteiger partial charge < -0.3 is 14.8 Å². The number of hydrogen-bond donors (Lipinski definition) is 1. The van der Waals surface area contributed by atoms with Crippen molar-refractivity contribution in [2.45, 2.75) is 13.5 Å². The Labute approximate surface area is 187 Å². The van der Waals surface area contributed by atoms with E-state index in [2.05, 4.69) is 10.4 Å². The first kappa shape index (κ1) is 21.1. The Hall–Kier alpha value is -3.10. The van der Waals surface area contributed by atoms with Crippen LogP contribution in [-0.2, 0) is 6.54 Å². The molecule has 9 heteroatoms. The standard InChI is InChI=1S/C22H19ClFN3O3S/c1-12-15-8-20(21(28)25-17-9-16(23)18(29-2)10-19(17)30-3)31-22(15)27(26-12)11-13-4-6-14(24)7-5-13/h4-10H,11H2,1-3H3,(H,25,28). The molecule has 0 aliphatic carbocycles. The van der Waals surface area contributed by atoms with Crippen LogP contribution in [0.1, 0.15) is 20.9 Å². The van der Waals surface area contributed by atoms with Gasteiger partial charge in [-0.1, -0.05) is 23.7 Å². The molecule has 4 aromatic rings. The Morgan fingerprint density at radius 2 is 1.87 bits per heavy atom. The number of thiophene rings is 1. The molecule has 31 heavy (non-hydrogen) atoms. The molecule has 2 aromatic carbocycles. The predicted molar refractivity (Wildman–Crippen MR) is 120 cm³/mol. The molecule has 0 atom stereocenters. The quantitative estimate of drug-likeness (QED) is 0.412. The number of carbonyl (C=O) groups is 1. The molecule has 0 aliphatic heterocycles. The van der Waals surface area contributed by atoms with Crippen LogP contribution < -0.4 is 14.8 Å². The Morgan fingerprint density at radius 1 is 1.16 bits per heavy atom. The summed E-state index contributed by atoms with van der Waals surface area (Å²) in [6, 6.07) is 11.3. The molecule has 160 valence electrons. The summed E-state index contributed by atoms with van der Waals surface area (Å²) < 4.78 is 25.5. The molecule has 2 heterocycles. The van der Waals surface area contributed by atoms with Crippen molar-refractivity contribution in [3.05, 3.63) is 69.4 Å². The van der Waals surface area contributed by atoms with Gasteiger partial charge in [-0.25, -0.2) is 4.39 Å². The number of halogens is 2. The lowest BCUT2D eigenvalue weighted by molar-refractivity contribution is 0.103. The van der Waals surface area contributed by atoms with Crippen LogP contribution in [0.2, 0.25) is 5.02 Å². The van der Waals surface area contributed by atoms with Crippen LogP contribution in [0.3, 0.4) is 0 Å². The van der Waals surface area contributed by atoms with Crippen molar-refractivity contribution in [2.24, 2.45) is 0 Å². The number of nitrogens with zero attached hydrogens (tertiary/aromatic N) is 2. The Balaban J connectivity index is 1.62. The Bertz CT molecular complexity index is 1270. The number of anilines is 1. The third kappa shape index (κ3) is 4.22. The minimum atomic E-state index is -0.284. The number of aromatic nitrogens is 2. The van der Waals surface area contributed by atoms with Gasteiger partial charge in [-0.3, -0.25) is 9.48 Å². The van der Waals surface area contributed by atoms with E-state index in [0.29, 0.717) is 33.6 Å². The first-order valence-corrected chi connectivity index (χ1v) is 10.5. The van der Waals surface area contributed by atoms with Crippen LogP contribution in [0.25, 0.3) is 10.2 Å². The van der Waals surface area contributed by atoms with E-state index in [1.807, 2.05) is 17.7 Å². The minimum absolute atomic E-state index is 0.283. The number of aryl methyl sites for hydroxylation is 1. The highest BCUT2D eigenvalue weighted by Gasteiger charge is 2.19. The van der Waals surface area contributed by atoms with Gasteiger partial charge in [-0.15, -0.1) is 11.3 Å². The van der Waals surface area contributed by atoms with E-state index in [1.54, 1.807) is 24.3 Å². The second-order valence-corrected chi connectivity index (χ2v) is 8.28. The number of methoxy groups -OCH3 is 2. The van der Waals surface area contributed by atoms with Crippen molar-refractivity contribution < 1.29 is 18.7 Å². The second-order valence-electron chi connectivity index (χ2n) is 6.84. The molecule has 1 amide bonds. The van der Waals surface area contributed by atoms with E-state index >= 15 is 0 Å². The van der Waals surface area contributed by atoms with Crippen molar-refractivity contribution in [2.75, 3.05) is 19.5 Å². The molecule has 0 saturated carbocycles. The number of rotatable bonds is 6. The fourth-order valence-corrected chi connectivity index (χ4v) is 4.53. The van der Waals surface area contributed by atoms with E-state index in [0.717, 1.165) is 21.5 Å². The zero-order valence-corrected chi connectivity index (χ0v) is 18.6. The van der Waals surface area contributed by atoms with Crippen molar-refractivity contribution in [1.29, 1.82) is 0 Å². The minimum Gasteiger partial charge on any atom is -0.495 e. The lowest BCUT2D eigenvalue weighted by Crippen LogP contribution is -2.11. The van der Waals surface area contributed by atoms with Crippen LogP contribution in [0, 0.1) is 12.7 Å². The number of fused-ring (bicyclic) bond motifs is 1. The van der Waals surface area contributed by atoms with E-state index in [1.165, 1.54) is 37.7 Å². The molecule has 2 aromatic heterocycles. The maximum Gasteiger partial charge on any atom is 0.265 e. The predicted octanol–water partition coefficient (Wildman–Crippen LogP) is 5.52. The van der Waals surface area contributed by atoms with Crippen molar-refractivity contribution in [3.63, 3.8) is 0 Å². The van der Waals surface area contributed by atoms with Gasteiger partial charge in [0.15, 0.2) is 0 Å². The van der Waals surface area contributed by atoms with E-state index in [4.69, 9.17) is 21.1 Å². The van der Waals surface area contributed by atoms with Gasteiger partial charge in [-0.05, 0) is 36.8 Å². The monoisotopic (exact) mass is 459 g/mol. The first-order chi connectivity index (χ1) is 14.9. The molecule has 1 N–H and O–H groups in total. The highest BCUT2D eigenvalue weighted by atomic mass is 35.5. The van der Waals surface area contributed by atoms with Gasteiger partial charge in [0.05, 0.1) is 42.0 Å². The number of amides is 1. The number of ether oxygens (including phenoxy) is 2. The fourth-order valence-electron chi connectivity index (χ4n) is 3.24. The molecule has 6 nitrogen and oxygen atoms in total. The maximum atomic E-state index is 13.2. The third-order valence-corrected chi connectivity index (χ3v) is 6.24. The van der Waals surface area contributed by atoms with Gasteiger partial charge in [0.1, 0.15) is 22.1 Å². The molecule has 0 saturated heterocycles. The summed E-state index contributed by atoms with van der Waals surface area (Å²) in [6.45, 7) is 2.37. The van der Waals surface area contributed by atoms with Crippen LogP contribution in [-0.4, -0.2) is 29.9 Å². The molecule has 0 radical (unpaired) electrons. The summed E-state index contributed by atoms with van der Waals surface area (Å²) in [4.78, 5) is 14.3. The average molecular weight is 460 g/mol. The van der Waals surface area contributed by atoms with Gasteiger partial charge in [0.2, 0.25) is 0 Å². The second kappa shape index (κ2) is 8.56. The molecular weight excluding hydrogens is 441 g/mol. The highest BCUT2D eigenvalue weighted by Crippen LogP contribution is 2.37. The van der Waals surface area contributed by atoms with Gasteiger partial charge >= 0.3 is 0 Å². The molecule has 0 fully saturated rings. The topological polar surface area (TPSA) is 65.4 Å². The first-order valence-electron chi connectivity index (χ1n) is 9.34. The number of benzene rings is 2. The van der Waals surface area contributed by atoms with Gasteiger partial charge in [0, 0.05) is 11.5 Å². The molecule has 0 spiro atoms. The van der Waals surface area contributed by atoms with Crippen LogP contribution in [0.15, 0.2) is 42.5 Å². The maximum absolute atomic E-state index is 13.2. The smallest absolute Gasteiger partial charge is 0.265 e. The summed E-state index contributed by atoms with van der Waals surface area (Å²) in [5.41, 5.74) is 2.18. The van der Waals surface area contributed by atoms with E-state index in [-0.39, 0.29) is 11.7 Å². The third-order valence-electron chi connectivity index (χ3n) is 4.80. The summed E-state index contributed by atoms with van der Waals surface area (Å²) >= 11 is 7.53. The van der Waals surface area contributed by atoms with Crippen LogP contribution in [0.5, 0.6) is 11.5 Å². The van der Waals surface area contributed by atoms with Crippen molar-refractivity contribution in [1.82, 2.24) is 9.78 Å². The normalized spacial score (nSPS) is 11.0. The SMILES string of the molecule is COc1cc(OC)c(NC(=O)c2cc3c(C)nn(Cc4ccc(F)cc4)c3s2)cc1Cl. The van der Waals surface area contributed by atoms with Crippen LogP contribution >= 0.6 is 22.9 Å². The summed E-state index contributed by atoms with van der Waals surface area (Å²) in [5.74, 6) is 0.326. The Kier molecular flexibility index (Phi) is 5.84. The molecule has 0 aliphatic rings. The summed E-state index contributed by atoms with van der Waals surface area (Å²) in [6.07, 6.45) is 0. The van der Waals surface area contributed by atoms with Crippen molar-refractivity contribution >= 4 is 44.7 Å². The van der Waals surface area contributed by atoms with Gasteiger partial charge in [-0.2, -0.15) is 5.10 Å². The molecule has 0 bridgehead atoms. The Morgan fingerprint density at radius 3 is 2.55 bits per heavy atom. The van der Waals surface area contributed by atoms with E-state index in [9.17, 15) is 9.18 Å². The molecule has 4 rings (SSSR count). The summed E-state index contributed by atoms with van der Waals surface area (Å²) in [5, 5.41) is 8.67. The number of hydrogen-bond acceptors (Lipinski definition) is 5. The van der Waals surface area contributed by atoms with Crippen molar-refractivity contribution in [3.8, 4) is 11.5 Å². The average Bonchev–Trinajstić information content (AvgIpc) is 3.31. The van der Waals surface area contributed by atoms with Crippen LogP contribution in [0.4, 0.5) is 10.1 Å². The van der Waals surface area contributed by atoms with Gasteiger partial charge in [0.25, 0.3) is 5.91 Å².